The molecule has 1 aromatic heterocycles. The first kappa shape index (κ1) is 52.5. The Balaban J connectivity index is 0.873. The zero-order chi connectivity index (χ0) is 50.5. The van der Waals surface area contributed by atoms with Gasteiger partial charge in [0.25, 0.3) is 0 Å². The highest BCUT2D eigenvalue weighted by Crippen LogP contribution is 2.42. The molecule has 71 heavy (non-hydrogen) atoms. The summed E-state index contributed by atoms with van der Waals surface area (Å²) >= 11 is 0. The number of esters is 2. The Morgan fingerprint density at radius 1 is 0.859 bits per heavy atom. The van der Waals surface area contributed by atoms with E-state index in [0.717, 1.165) is 22.3 Å². The normalized spacial score (nSPS) is 27.8. The molecule has 5 heterocycles. The Morgan fingerprint density at radius 3 is 2.28 bits per heavy atom. The van der Waals surface area contributed by atoms with Gasteiger partial charge in [-0.2, -0.15) is 0 Å². The molecule has 10 atom stereocenters. The van der Waals surface area contributed by atoms with Gasteiger partial charge in [0.1, 0.15) is 24.4 Å². The van der Waals surface area contributed by atoms with E-state index in [2.05, 4.69) is 20.5 Å². The van der Waals surface area contributed by atoms with Gasteiger partial charge < -0.3 is 48.9 Å². The van der Waals surface area contributed by atoms with Gasteiger partial charge in [0.05, 0.1) is 18.8 Å². The first-order valence-electron chi connectivity index (χ1n) is 25.3. The number of unbranched alkanes of at least 4 members (excludes halogenated alkanes) is 1. The second kappa shape index (κ2) is 22.5. The maximum absolute atomic E-state index is 14.6. The molecule has 2 unspecified atom stereocenters. The number of aliphatic hydroxyl groups is 1. The smallest absolute Gasteiger partial charge is 0.306 e. The largest absolute Gasteiger partial charge is 0.459 e. The van der Waals surface area contributed by atoms with Crippen LogP contribution in [0, 0.1) is 5.92 Å². The SMILES string of the molecule is CC(C)(C)NC(=O)[C@@H]1CN(Cc2cccnc2)CCN1C[C@@H](O)C[C@H](Cc1ccccc1)C(=O)N[C@H]1c2ccccc2C[C@H]1OC(=O)CCCCC(=O)O[C@H]1[C@@H](C2COC(C)(C)O2)OC2OC(C)(C)O[C@H]21. The number of ether oxygens (including phenoxy) is 7. The van der Waals surface area contributed by atoms with E-state index in [-0.39, 0.29) is 44.2 Å². The number of fused-ring (bicyclic) bond motifs is 2. The van der Waals surface area contributed by atoms with Gasteiger partial charge in [0, 0.05) is 75.8 Å². The maximum atomic E-state index is 14.6. The second-order valence-electron chi connectivity index (χ2n) is 21.6. The number of nitrogens with one attached hydrogen (secondary N) is 2. The molecule has 2 aromatic carbocycles. The van der Waals surface area contributed by atoms with Gasteiger partial charge >= 0.3 is 11.9 Å². The monoisotopic (exact) mass is 984 g/mol. The highest BCUT2D eigenvalue weighted by molar-refractivity contribution is 5.83. The van der Waals surface area contributed by atoms with Crippen LogP contribution in [0.15, 0.2) is 79.1 Å². The van der Waals surface area contributed by atoms with Crippen LogP contribution in [0.1, 0.15) is 109 Å². The molecule has 2 amide bonds. The van der Waals surface area contributed by atoms with Crippen molar-refractivity contribution < 1.29 is 57.4 Å². The van der Waals surface area contributed by atoms with Gasteiger partial charge in [-0.15, -0.1) is 0 Å². The molecule has 8 rings (SSSR count). The average molecular weight is 984 g/mol. The summed E-state index contributed by atoms with van der Waals surface area (Å²) in [5.41, 5.74) is 3.38. The molecule has 0 radical (unpaired) electrons. The minimum atomic E-state index is -0.934. The van der Waals surface area contributed by atoms with Crippen molar-refractivity contribution in [1.29, 1.82) is 0 Å². The van der Waals surface area contributed by atoms with E-state index in [1.54, 1.807) is 20.0 Å². The molecule has 3 N–H and O–H groups in total. The number of aliphatic hydroxyl groups excluding tert-OH is 1. The molecule has 4 saturated heterocycles. The number of hydrogen-bond donors (Lipinski definition) is 3. The van der Waals surface area contributed by atoms with E-state index >= 15 is 0 Å². The Morgan fingerprint density at radius 2 is 1.58 bits per heavy atom. The molecule has 4 aliphatic heterocycles. The summed E-state index contributed by atoms with van der Waals surface area (Å²) in [6.45, 7) is 15.9. The molecule has 3 aromatic rings. The number of piperazine rings is 1. The molecule has 5 aliphatic rings. The van der Waals surface area contributed by atoms with Crippen molar-refractivity contribution in [1.82, 2.24) is 25.4 Å². The summed E-state index contributed by atoms with van der Waals surface area (Å²) in [6.07, 6.45) is 0.471. The first-order valence-corrected chi connectivity index (χ1v) is 25.3. The number of amides is 2. The fourth-order valence-corrected chi connectivity index (χ4v) is 10.4. The molecule has 0 bridgehead atoms. The van der Waals surface area contributed by atoms with Crippen molar-refractivity contribution >= 4 is 23.8 Å². The van der Waals surface area contributed by atoms with Crippen LogP contribution in [-0.2, 0) is 71.7 Å². The van der Waals surface area contributed by atoms with Crippen LogP contribution in [0.25, 0.3) is 0 Å². The fraction of sp³-hybridized carbons (Fsp3) is 0.611. The number of nitrogens with zero attached hydrogens (tertiary/aromatic N) is 3. The van der Waals surface area contributed by atoms with Crippen LogP contribution in [0.2, 0.25) is 0 Å². The van der Waals surface area contributed by atoms with Gasteiger partial charge in [-0.05, 0) is 102 Å². The Bertz CT molecular complexity index is 2290. The zero-order valence-electron chi connectivity index (χ0n) is 42.3. The molecular weight excluding hydrogens is 911 g/mol. The van der Waals surface area contributed by atoms with Gasteiger partial charge in [-0.3, -0.25) is 34.0 Å². The van der Waals surface area contributed by atoms with Crippen LogP contribution < -0.4 is 10.6 Å². The summed E-state index contributed by atoms with van der Waals surface area (Å²) in [5, 5.41) is 18.2. The number of carbonyl (C=O) groups excluding carboxylic acids is 4. The van der Waals surface area contributed by atoms with E-state index in [9.17, 15) is 24.3 Å². The number of aromatic nitrogens is 1. The number of carbonyl (C=O) groups is 4. The Hall–Kier alpha value is -4.85. The lowest BCUT2D eigenvalue weighted by molar-refractivity contribution is -0.235. The third kappa shape index (κ3) is 14.0. The lowest BCUT2D eigenvalue weighted by Gasteiger charge is -2.42. The minimum Gasteiger partial charge on any atom is -0.459 e. The van der Waals surface area contributed by atoms with Crippen molar-refractivity contribution in [3.8, 4) is 0 Å². The second-order valence-corrected chi connectivity index (χ2v) is 21.6. The first-order chi connectivity index (χ1) is 33.8. The quantitative estimate of drug-likeness (QED) is 0.108. The van der Waals surface area contributed by atoms with Crippen LogP contribution in [-0.4, -0.2) is 142 Å². The van der Waals surface area contributed by atoms with Gasteiger partial charge in [-0.25, -0.2) is 0 Å². The van der Waals surface area contributed by atoms with Crippen molar-refractivity contribution in [2.75, 3.05) is 32.8 Å². The van der Waals surface area contributed by atoms with Gasteiger partial charge in [-0.1, -0.05) is 60.7 Å². The molecule has 1 aliphatic carbocycles. The van der Waals surface area contributed by atoms with E-state index in [4.69, 9.17) is 33.2 Å². The number of benzene rings is 2. The fourth-order valence-electron chi connectivity index (χ4n) is 10.4. The third-order valence-electron chi connectivity index (χ3n) is 13.7. The minimum absolute atomic E-state index is 0.0566. The summed E-state index contributed by atoms with van der Waals surface area (Å²) in [4.78, 5) is 63.8. The summed E-state index contributed by atoms with van der Waals surface area (Å²) in [5.74, 6) is -3.65. The zero-order valence-corrected chi connectivity index (χ0v) is 42.3. The highest BCUT2D eigenvalue weighted by atomic mass is 16.9. The molecule has 4 fully saturated rings. The molecule has 0 spiro atoms. The topological polar surface area (TPSA) is 197 Å². The van der Waals surface area contributed by atoms with Gasteiger partial charge in [0.15, 0.2) is 30.1 Å². The van der Waals surface area contributed by atoms with Crippen molar-refractivity contribution in [2.45, 2.75) is 172 Å². The Kier molecular flexibility index (Phi) is 16.6. The van der Waals surface area contributed by atoms with E-state index < -0.39 is 90.0 Å². The molecule has 17 nitrogen and oxygen atoms in total. The van der Waals surface area contributed by atoms with Crippen LogP contribution >= 0.6 is 0 Å². The average Bonchev–Trinajstić information content (AvgIpc) is 4.03. The lowest BCUT2D eigenvalue weighted by atomic mass is 9.91. The Labute approximate surface area is 417 Å². The summed E-state index contributed by atoms with van der Waals surface area (Å²) in [7, 11) is 0. The number of hydrogen-bond acceptors (Lipinski definition) is 15. The molecule has 17 heteroatoms. The standard InChI is InChI=1S/C54H73N5O12/c1-52(2,3)57-50(64)40-32-58(30-35-18-15-23-55-29-35)24-25-59(40)31-38(60)27-37(26-34-16-9-8-10-17-34)49(63)56-45-39-20-12-11-19-36(39)28-41(45)66-43(61)21-13-14-22-44(62)67-47-46(42-33-65-53(4,5)69-42)68-51-48(47)70-54(6,7)71-51/h8-12,15-20,23,29,37-38,40-42,45-48,51,60H,13-14,21-22,24-28,30-33H2,1-7H3,(H,56,63)(H,57,64)/t37-,38-,40-,41+,42?,45-,46+,47-,48-,51?/m0/s1. The number of β-amino-alcohol motifs (C(OH)–C–C–N with tert-alkyl or cyclic N) is 1. The predicted molar refractivity (Wildman–Crippen MR) is 260 cm³/mol. The maximum Gasteiger partial charge on any atom is 0.306 e. The van der Waals surface area contributed by atoms with Crippen LogP contribution in [0.5, 0.6) is 0 Å². The van der Waals surface area contributed by atoms with Gasteiger partial charge in [0.2, 0.25) is 11.8 Å². The van der Waals surface area contributed by atoms with Crippen LogP contribution in [0.4, 0.5) is 0 Å². The summed E-state index contributed by atoms with van der Waals surface area (Å²) < 4.78 is 42.1. The van der Waals surface area contributed by atoms with E-state index in [0.29, 0.717) is 51.9 Å². The van der Waals surface area contributed by atoms with E-state index in [1.807, 2.05) is 112 Å². The third-order valence-corrected chi connectivity index (χ3v) is 13.7. The number of pyridine rings is 1. The number of rotatable bonds is 19. The predicted octanol–water partition coefficient (Wildman–Crippen LogP) is 4.92. The summed E-state index contributed by atoms with van der Waals surface area (Å²) in [6, 6.07) is 20.2. The van der Waals surface area contributed by atoms with Crippen molar-refractivity contribution in [2.24, 2.45) is 5.92 Å². The highest BCUT2D eigenvalue weighted by Gasteiger charge is 2.60. The lowest BCUT2D eigenvalue weighted by Crippen LogP contribution is -2.61. The van der Waals surface area contributed by atoms with Crippen molar-refractivity contribution in [3.63, 3.8) is 0 Å². The van der Waals surface area contributed by atoms with E-state index in [1.165, 1.54) is 0 Å². The van der Waals surface area contributed by atoms with Crippen LogP contribution in [0.3, 0.4) is 0 Å². The molecule has 386 valence electrons. The molecule has 0 saturated carbocycles. The van der Waals surface area contributed by atoms with Crippen molar-refractivity contribution in [3.05, 3.63) is 101 Å². The molecular formula is C54H73N5O12.